The number of carbonyl (C=O) groups excluding carboxylic acids is 1. The average molecular weight is 490 g/mol. The third-order valence-corrected chi connectivity index (χ3v) is 7.53. The Morgan fingerprint density at radius 2 is 1.68 bits per heavy atom. The van der Waals surface area contributed by atoms with Crippen LogP contribution in [-0.4, -0.2) is 21.0 Å². The first-order valence-corrected chi connectivity index (χ1v) is 12.1. The second-order valence-corrected chi connectivity index (χ2v) is 9.77. The Hall–Kier alpha value is -3.33. The van der Waals surface area contributed by atoms with Crippen LogP contribution in [0.5, 0.6) is 0 Å². The van der Waals surface area contributed by atoms with Gasteiger partial charge < -0.3 is 4.74 Å². The largest absolute Gasteiger partial charge is 0.466 e. The number of halogens is 3. The molecule has 0 amide bonds. The minimum atomic E-state index is -4.60. The summed E-state index contributed by atoms with van der Waals surface area (Å²) in [5.74, 6) is -0.609. The highest BCUT2D eigenvalue weighted by Crippen LogP contribution is 2.49. The van der Waals surface area contributed by atoms with Crippen LogP contribution < -0.4 is 4.31 Å². The summed E-state index contributed by atoms with van der Waals surface area (Å²) in [6, 6.07) is 14.7. The minimum absolute atomic E-state index is 0.0304. The van der Waals surface area contributed by atoms with E-state index in [-0.39, 0.29) is 29.2 Å². The van der Waals surface area contributed by atoms with E-state index < -0.39 is 33.8 Å². The van der Waals surface area contributed by atoms with Crippen molar-refractivity contribution in [1.82, 2.24) is 0 Å². The molecular formula is C25H22F3NO4S. The molecule has 0 aliphatic carbocycles. The molecule has 1 atom stereocenters. The lowest BCUT2D eigenvalue weighted by molar-refractivity contribution is -0.143. The molecule has 0 spiro atoms. The number of hydrogen-bond acceptors (Lipinski definition) is 4. The second-order valence-electron chi connectivity index (χ2n) is 7.96. The summed E-state index contributed by atoms with van der Waals surface area (Å²) < 4.78 is 74.4. The summed E-state index contributed by atoms with van der Waals surface area (Å²) in [5.41, 5.74) is 1.02. The Morgan fingerprint density at radius 3 is 2.32 bits per heavy atom. The first-order chi connectivity index (χ1) is 16.0. The van der Waals surface area contributed by atoms with Crippen molar-refractivity contribution in [3.05, 3.63) is 83.4 Å². The van der Waals surface area contributed by atoms with Crippen molar-refractivity contribution >= 4 is 21.7 Å². The third-order valence-electron chi connectivity index (χ3n) is 5.70. The zero-order valence-corrected chi connectivity index (χ0v) is 19.3. The number of nitrogens with zero attached hydrogens (tertiary/aromatic N) is 1. The molecule has 1 unspecified atom stereocenters. The number of ether oxygens (including phenoxy) is 1. The first-order valence-electron chi connectivity index (χ1n) is 10.6. The Morgan fingerprint density at radius 1 is 1.00 bits per heavy atom. The molecule has 1 aliphatic rings. The summed E-state index contributed by atoms with van der Waals surface area (Å²) in [6.45, 7) is 3.57. The van der Waals surface area contributed by atoms with Gasteiger partial charge in [-0.1, -0.05) is 42.0 Å². The molecule has 1 heterocycles. The lowest BCUT2D eigenvalue weighted by atomic mass is 9.87. The molecule has 0 radical (unpaired) electrons. The van der Waals surface area contributed by atoms with Gasteiger partial charge in [-0.15, -0.1) is 0 Å². The molecule has 0 bridgehead atoms. The Balaban J connectivity index is 1.98. The van der Waals surface area contributed by atoms with Crippen molar-refractivity contribution < 1.29 is 31.1 Å². The maximum absolute atomic E-state index is 13.9. The SMILES string of the molecule is CCOC(=O)CC1c2ccccc2-c2cc(C(F)(F)F)ccc2N1S(=O)(=O)c1ccc(C)cc1. The third kappa shape index (κ3) is 4.27. The second kappa shape index (κ2) is 8.79. The van der Waals surface area contributed by atoms with Crippen LogP contribution in [0.25, 0.3) is 11.1 Å². The van der Waals surface area contributed by atoms with Crippen molar-refractivity contribution in [2.75, 3.05) is 10.9 Å². The highest BCUT2D eigenvalue weighted by Gasteiger charge is 2.41. The lowest BCUT2D eigenvalue weighted by Crippen LogP contribution is -2.39. The van der Waals surface area contributed by atoms with E-state index in [0.717, 1.165) is 28.1 Å². The number of benzene rings is 3. The fraction of sp³-hybridized carbons (Fsp3) is 0.240. The molecule has 34 heavy (non-hydrogen) atoms. The van der Waals surface area contributed by atoms with Crippen molar-refractivity contribution in [2.24, 2.45) is 0 Å². The van der Waals surface area contributed by atoms with Gasteiger partial charge in [0.25, 0.3) is 10.0 Å². The number of rotatable bonds is 5. The molecule has 0 N–H and O–H groups in total. The molecule has 0 saturated carbocycles. The summed E-state index contributed by atoms with van der Waals surface area (Å²) in [5, 5.41) is 0. The summed E-state index contributed by atoms with van der Waals surface area (Å²) in [4.78, 5) is 12.4. The molecule has 9 heteroatoms. The number of alkyl halides is 3. The molecule has 178 valence electrons. The summed E-state index contributed by atoms with van der Waals surface area (Å²) >= 11 is 0. The van der Waals surface area contributed by atoms with E-state index in [2.05, 4.69) is 0 Å². The molecule has 4 rings (SSSR count). The standard InChI is InChI=1S/C25H22F3NO4S/c1-3-33-24(30)15-23-20-7-5-4-6-19(20)21-14-17(25(26,27)28)10-13-22(21)29(23)34(31,32)18-11-8-16(2)9-12-18/h4-14,23H,3,15H2,1-2H3. The number of esters is 1. The number of aryl methyl sites for hydroxylation is 1. The number of fused-ring (bicyclic) bond motifs is 3. The molecule has 0 saturated heterocycles. The molecule has 3 aromatic rings. The van der Waals surface area contributed by atoms with Crippen molar-refractivity contribution in [3.8, 4) is 11.1 Å². The molecule has 1 aliphatic heterocycles. The smallest absolute Gasteiger partial charge is 0.416 e. The quantitative estimate of drug-likeness (QED) is 0.420. The lowest BCUT2D eigenvalue weighted by Gasteiger charge is -2.39. The monoisotopic (exact) mass is 489 g/mol. The van der Waals surface area contributed by atoms with Gasteiger partial charge in [-0.2, -0.15) is 13.2 Å². The highest BCUT2D eigenvalue weighted by atomic mass is 32.2. The Labute approximate surface area is 195 Å². The van der Waals surface area contributed by atoms with Gasteiger partial charge in [0.05, 0.1) is 35.2 Å². The topological polar surface area (TPSA) is 63.7 Å². The van der Waals surface area contributed by atoms with Gasteiger partial charge >= 0.3 is 12.1 Å². The fourth-order valence-electron chi connectivity index (χ4n) is 4.14. The molecule has 5 nitrogen and oxygen atoms in total. The van der Waals surface area contributed by atoms with Gasteiger partial charge in [0.1, 0.15) is 0 Å². The summed E-state index contributed by atoms with van der Waals surface area (Å²) in [7, 11) is -4.25. The van der Waals surface area contributed by atoms with Gasteiger partial charge in [0.15, 0.2) is 0 Å². The minimum Gasteiger partial charge on any atom is -0.466 e. The Kier molecular flexibility index (Phi) is 6.16. The zero-order chi connectivity index (χ0) is 24.7. The average Bonchev–Trinajstić information content (AvgIpc) is 2.78. The van der Waals surface area contributed by atoms with E-state index in [4.69, 9.17) is 4.74 Å². The fourth-order valence-corrected chi connectivity index (χ4v) is 5.79. The van der Waals surface area contributed by atoms with Crippen molar-refractivity contribution in [2.45, 2.75) is 37.4 Å². The molecule has 3 aromatic carbocycles. The Bertz CT molecular complexity index is 1340. The van der Waals surface area contributed by atoms with Crippen molar-refractivity contribution in [3.63, 3.8) is 0 Å². The maximum Gasteiger partial charge on any atom is 0.416 e. The van der Waals surface area contributed by atoms with Gasteiger partial charge in [-0.05, 0) is 55.3 Å². The van der Waals surface area contributed by atoms with E-state index >= 15 is 0 Å². The van der Waals surface area contributed by atoms with Crippen LogP contribution in [0.4, 0.5) is 18.9 Å². The van der Waals surface area contributed by atoms with Crippen LogP contribution >= 0.6 is 0 Å². The molecule has 0 aromatic heterocycles. The predicted octanol–water partition coefficient (Wildman–Crippen LogP) is 5.88. The van der Waals surface area contributed by atoms with Gasteiger partial charge in [-0.25, -0.2) is 8.42 Å². The van der Waals surface area contributed by atoms with Crippen LogP contribution in [0.3, 0.4) is 0 Å². The van der Waals surface area contributed by atoms with Crippen molar-refractivity contribution in [1.29, 1.82) is 0 Å². The number of carbonyl (C=O) groups is 1. The first kappa shape index (κ1) is 23.8. The van der Waals surface area contributed by atoms with Crippen LogP contribution in [-0.2, 0) is 25.7 Å². The number of anilines is 1. The number of sulfonamides is 1. The van der Waals surface area contributed by atoms with E-state index in [1.165, 1.54) is 12.1 Å². The maximum atomic E-state index is 13.9. The molecule has 0 fully saturated rings. The highest BCUT2D eigenvalue weighted by molar-refractivity contribution is 7.92. The molecular weight excluding hydrogens is 467 g/mol. The number of hydrogen-bond donors (Lipinski definition) is 0. The summed E-state index contributed by atoms with van der Waals surface area (Å²) in [6.07, 6.45) is -4.90. The van der Waals surface area contributed by atoms with Crippen LogP contribution in [0.1, 0.15) is 36.1 Å². The van der Waals surface area contributed by atoms with E-state index in [1.54, 1.807) is 43.3 Å². The van der Waals surface area contributed by atoms with Crippen LogP contribution in [0.15, 0.2) is 71.6 Å². The normalized spacial score (nSPS) is 15.4. The van der Waals surface area contributed by atoms with Gasteiger partial charge in [-0.3, -0.25) is 9.10 Å². The van der Waals surface area contributed by atoms with Crippen LogP contribution in [0, 0.1) is 6.92 Å². The van der Waals surface area contributed by atoms with E-state index in [0.29, 0.717) is 11.1 Å². The van der Waals surface area contributed by atoms with E-state index in [9.17, 15) is 26.4 Å². The zero-order valence-electron chi connectivity index (χ0n) is 18.5. The van der Waals surface area contributed by atoms with E-state index in [1.807, 2.05) is 6.92 Å². The van der Waals surface area contributed by atoms with Crippen LogP contribution in [0.2, 0.25) is 0 Å². The predicted molar refractivity (Wildman–Crippen MR) is 122 cm³/mol. The van der Waals surface area contributed by atoms with Gasteiger partial charge in [0.2, 0.25) is 0 Å². The van der Waals surface area contributed by atoms with Gasteiger partial charge in [0, 0.05) is 5.56 Å².